The van der Waals surface area contributed by atoms with Crippen molar-refractivity contribution >= 4 is 12.3 Å². The molecule has 2 atom stereocenters. The van der Waals surface area contributed by atoms with Gasteiger partial charge in [0, 0.05) is 11.6 Å². The van der Waals surface area contributed by atoms with Crippen LogP contribution in [0.2, 0.25) is 0 Å². The average molecular weight is 236 g/mol. The summed E-state index contributed by atoms with van der Waals surface area (Å²) in [6, 6.07) is 3.87. The molecule has 1 aromatic rings. The Balaban J connectivity index is 2.34. The highest BCUT2D eigenvalue weighted by Crippen LogP contribution is 2.38. The summed E-state index contributed by atoms with van der Waals surface area (Å²) in [6.45, 7) is 0. The summed E-state index contributed by atoms with van der Waals surface area (Å²) in [6.07, 6.45) is -0.128. The predicted octanol–water partition coefficient (Wildman–Crippen LogP) is 0.364. The Bertz CT molecular complexity index is 461. The largest absolute Gasteiger partial charge is 0.497 e. The predicted molar refractivity (Wildman–Crippen MR) is 58.9 cm³/mol. The van der Waals surface area contributed by atoms with Gasteiger partial charge in [-0.15, -0.1) is 0 Å². The molecule has 17 heavy (non-hydrogen) atoms. The lowest BCUT2D eigenvalue weighted by molar-refractivity contribution is -0.113. The number of aldehydes is 1. The lowest BCUT2D eigenvalue weighted by Crippen LogP contribution is -2.39. The van der Waals surface area contributed by atoms with Crippen LogP contribution in [0.15, 0.2) is 18.2 Å². The summed E-state index contributed by atoms with van der Waals surface area (Å²) >= 11 is 0. The number of nitrogens with two attached hydrogens (primary N) is 1. The van der Waals surface area contributed by atoms with Crippen LogP contribution in [0.4, 0.5) is 4.79 Å². The minimum atomic E-state index is -0.760. The number of rotatable bonds is 3. The Morgan fingerprint density at radius 3 is 2.94 bits per heavy atom. The van der Waals surface area contributed by atoms with E-state index in [9.17, 15) is 9.59 Å². The number of benzene rings is 1. The summed E-state index contributed by atoms with van der Waals surface area (Å²) in [7, 11) is 1.53. The Morgan fingerprint density at radius 2 is 2.35 bits per heavy atom. The Hall–Kier alpha value is -2.24. The van der Waals surface area contributed by atoms with Gasteiger partial charge in [0.2, 0.25) is 0 Å². The summed E-state index contributed by atoms with van der Waals surface area (Å²) in [4.78, 5) is 21.7. The number of fused-ring (bicyclic) bond motifs is 1. The molecule has 2 unspecified atom stereocenters. The molecule has 0 bridgehead atoms. The van der Waals surface area contributed by atoms with Crippen molar-refractivity contribution in [3.8, 4) is 11.5 Å². The van der Waals surface area contributed by atoms with E-state index < -0.39 is 18.2 Å². The fourth-order valence-electron chi connectivity index (χ4n) is 1.81. The van der Waals surface area contributed by atoms with E-state index in [4.69, 9.17) is 15.2 Å². The summed E-state index contributed by atoms with van der Waals surface area (Å²) in [5, 5.41) is 2.48. The van der Waals surface area contributed by atoms with Crippen molar-refractivity contribution in [3.05, 3.63) is 23.8 Å². The zero-order chi connectivity index (χ0) is 12.4. The molecular weight excluding hydrogens is 224 g/mol. The van der Waals surface area contributed by atoms with Gasteiger partial charge in [-0.25, -0.2) is 4.79 Å². The SMILES string of the molecule is COc1ccc2c(c1)OC(C=O)C2NC(N)=O. The second kappa shape index (κ2) is 4.32. The van der Waals surface area contributed by atoms with Crippen LogP contribution < -0.4 is 20.5 Å². The normalized spacial score (nSPS) is 21.2. The molecule has 0 aliphatic carbocycles. The minimum Gasteiger partial charge on any atom is -0.497 e. The fraction of sp³-hybridized carbons (Fsp3) is 0.273. The Labute approximate surface area is 97.7 Å². The number of hydrogen-bond acceptors (Lipinski definition) is 4. The van der Waals surface area contributed by atoms with E-state index in [0.29, 0.717) is 23.3 Å². The van der Waals surface area contributed by atoms with Gasteiger partial charge in [0.15, 0.2) is 12.4 Å². The molecule has 0 saturated heterocycles. The number of carbonyl (C=O) groups excluding carboxylic acids is 2. The molecule has 2 amide bonds. The van der Waals surface area contributed by atoms with Gasteiger partial charge in [0.05, 0.1) is 7.11 Å². The maximum absolute atomic E-state index is 10.9. The third-order valence-corrected chi connectivity index (χ3v) is 2.58. The second-order valence-corrected chi connectivity index (χ2v) is 3.61. The van der Waals surface area contributed by atoms with E-state index in [1.54, 1.807) is 18.2 Å². The third kappa shape index (κ3) is 2.01. The van der Waals surface area contributed by atoms with Crippen molar-refractivity contribution in [2.45, 2.75) is 12.1 Å². The lowest BCUT2D eigenvalue weighted by atomic mass is 10.0. The molecule has 0 spiro atoms. The van der Waals surface area contributed by atoms with Gasteiger partial charge in [-0.2, -0.15) is 0 Å². The maximum Gasteiger partial charge on any atom is 0.312 e. The van der Waals surface area contributed by atoms with Crippen molar-refractivity contribution in [2.75, 3.05) is 7.11 Å². The van der Waals surface area contributed by atoms with Crippen molar-refractivity contribution in [2.24, 2.45) is 5.73 Å². The van der Waals surface area contributed by atoms with Crippen LogP contribution >= 0.6 is 0 Å². The average Bonchev–Trinajstić information content (AvgIpc) is 2.65. The van der Waals surface area contributed by atoms with Crippen LogP contribution in [0.25, 0.3) is 0 Å². The monoisotopic (exact) mass is 236 g/mol. The highest BCUT2D eigenvalue weighted by Gasteiger charge is 2.35. The van der Waals surface area contributed by atoms with Gasteiger partial charge >= 0.3 is 6.03 Å². The Morgan fingerprint density at radius 1 is 1.59 bits per heavy atom. The molecule has 90 valence electrons. The van der Waals surface area contributed by atoms with Crippen molar-refractivity contribution in [1.82, 2.24) is 5.32 Å². The first-order chi connectivity index (χ1) is 8.15. The topological polar surface area (TPSA) is 90.7 Å². The maximum atomic E-state index is 10.9. The van der Waals surface area contributed by atoms with Crippen LogP contribution in [-0.2, 0) is 4.79 Å². The number of nitrogens with one attached hydrogen (secondary N) is 1. The highest BCUT2D eigenvalue weighted by molar-refractivity contribution is 5.74. The van der Waals surface area contributed by atoms with Gasteiger partial charge in [0.25, 0.3) is 0 Å². The summed E-state index contributed by atoms with van der Waals surface area (Å²) in [5.74, 6) is 1.13. The van der Waals surface area contributed by atoms with Crippen molar-refractivity contribution in [1.29, 1.82) is 0 Å². The van der Waals surface area contributed by atoms with Crippen LogP contribution in [0.3, 0.4) is 0 Å². The molecule has 0 aromatic heterocycles. The van der Waals surface area contributed by atoms with Crippen molar-refractivity contribution in [3.63, 3.8) is 0 Å². The highest BCUT2D eigenvalue weighted by atomic mass is 16.5. The molecule has 1 aromatic carbocycles. The standard InChI is InChI=1S/C11H12N2O4/c1-16-6-2-3-7-8(4-6)17-9(5-14)10(7)13-11(12)15/h2-5,9-10H,1H3,(H3,12,13,15). The molecule has 0 radical (unpaired) electrons. The molecule has 1 heterocycles. The van der Waals surface area contributed by atoms with E-state index in [-0.39, 0.29) is 0 Å². The molecule has 6 heteroatoms. The van der Waals surface area contributed by atoms with Gasteiger partial charge in [-0.1, -0.05) is 0 Å². The Kier molecular flexibility index (Phi) is 2.86. The van der Waals surface area contributed by atoms with Crippen LogP contribution in [-0.4, -0.2) is 25.5 Å². The van der Waals surface area contributed by atoms with E-state index in [1.807, 2.05) is 0 Å². The minimum absolute atomic E-state index is 0.514. The van der Waals surface area contributed by atoms with Crippen LogP contribution in [0.5, 0.6) is 11.5 Å². The number of methoxy groups -OCH3 is 1. The second-order valence-electron chi connectivity index (χ2n) is 3.61. The van der Waals surface area contributed by atoms with Gasteiger partial charge < -0.3 is 20.5 Å². The lowest BCUT2D eigenvalue weighted by Gasteiger charge is -2.13. The number of carbonyl (C=O) groups is 2. The van der Waals surface area contributed by atoms with E-state index in [1.165, 1.54) is 7.11 Å². The summed E-state index contributed by atoms with van der Waals surface area (Å²) < 4.78 is 10.4. The van der Waals surface area contributed by atoms with E-state index in [0.717, 1.165) is 0 Å². The van der Waals surface area contributed by atoms with E-state index in [2.05, 4.69) is 5.32 Å². The molecule has 0 saturated carbocycles. The third-order valence-electron chi connectivity index (χ3n) is 2.58. The number of amides is 2. The molecule has 2 rings (SSSR count). The zero-order valence-electron chi connectivity index (χ0n) is 9.17. The number of primary amides is 1. The number of urea groups is 1. The first-order valence-electron chi connectivity index (χ1n) is 5.01. The first-order valence-corrected chi connectivity index (χ1v) is 5.01. The van der Waals surface area contributed by atoms with Gasteiger partial charge in [0.1, 0.15) is 17.5 Å². The molecule has 3 N–H and O–H groups in total. The smallest absolute Gasteiger partial charge is 0.312 e. The van der Waals surface area contributed by atoms with Crippen molar-refractivity contribution < 1.29 is 19.1 Å². The fourth-order valence-corrected chi connectivity index (χ4v) is 1.81. The molecule has 1 aliphatic heterocycles. The molecule has 6 nitrogen and oxygen atoms in total. The van der Waals surface area contributed by atoms with Crippen LogP contribution in [0.1, 0.15) is 11.6 Å². The number of hydrogen-bond donors (Lipinski definition) is 2. The quantitative estimate of drug-likeness (QED) is 0.741. The van der Waals surface area contributed by atoms with Gasteiger partial charge in [-0.05, 0) is 12.1 Å². The van der Waals surface area contributed by atoms with Crippen LogP contribution in [0, 0.1) is 0 Å². The first kappa shape index (κ1) is 11.3. The van der Waals surface area contributed by atoms with E-state index >= 15 is 0 Å². The number of ether oxygens (including phenoxy) is 2. The molecular formula is C11H12N2O4. The summed E-state index contributed by atoms with van der Waals surface area (Å²) in [5.41, 5.74) is 5.77. The molecule has 0 fully saturated rings. The zero-order valence-corrected chi connectivity index (χ0v) is 9.17. The molecule has 1 aliphatic rings. The van der Waals surface area contributed by atoms with Gasteiger partial charge in [-0.3, -0.25) is 4.79 Å².